The van der Waals surface area contributed by atoms with Gasteiger partial charge in [-0.1, -0.05) is 30.2 Å². The van der Waals surface area contributed by atoms with Crippen LogP contribution in [0.4, 0.5) is 0 Å². The molecule has 0 spiro atoms. The predicted octanol–water partition coefficient (Wildman–Crippen LogP) is 4.61. The lowest BCUT2D eigenvalue weighted by Crippen LogP contribution is -2.22. The molecule has 1 rings (SSSR count). The molecule has 1 unspecified atom stereocenters. The minimum absolute atomic E-state index is 0.0313. The van der Waals surface area contributed by atoms with Gasteiger partial charge in [-0.25, -0.2) is 0 Å². The molecule has 1 saturated heterocycles. The first-order valence-corrected chi connectivity index (χ1v) is 7.27. The average Bonchev–Trinajstić information content (AvgIpc) is 2.38. The molecular weight excluding hydrogens is 224 g/mol. The van der Waals surface area contributed by atoms with E-state index in [1.54, 1.807) is 0 Å². The molecule has 104 valence electrons. The van der Waals surface area contributed by atoms with Crippen LogP contribution < -0.4 is 0 Å². The maximum atomic E-state index is 5.74. The number of allylic oxidation sites excluding steroid dienone is 3. The molecule has 1 atom stereocenters. The van der Waals surface area contributed by atoms with Gasteiger partial charge < -0.3 is 9.47 Å². The van der Waals surface area contributed by atoms with Crippen molar-refractivity contribution >= 4 is 0 Å². The topological polar surface area (TPSA) is 18.5 Å². The van der Waals surface area contributed by atoms with Crippen molar-refractivity contribution in [1.29, 1.82) is 0 Å². The number of hydrogen-bond donors (Lipinski definition) is 0. The largest absolute Gasteiger partial charge is 0.353 e. The summed E-state index contributed by atoms with van der Waals surface area (Å²) in [5.74, 6) is 0. The summed E-state index contributed by atoms with van der Waals surface area (Å²) >= 11 is 0. The SMILES string of the molecule is CCC=C(C)CCC=C(C)COC1CCCCO1. The number of hydrogen-bond acceptors (Lipinski definition) is 2. The van der Waals surface area contributed by atoms with Gasteiger partial charge in [-0.2, -0.15) is 0 Å². The van der Waals surface area contributed by atoms with Crippen LogP contribution in [-0.2, 0) is 9.47 Å². The summed E-state index contributed by atoms with van der Waals surface area (Å²) in [5.41, 5.74) is 2.80. The summed E-state index contributed by atoms with van der Waals surface area (Å²) in [6.07, 6.45) is 11.5. The first kappa shape index (κ1) is 15.5. The summed E-state index contributed by atoms with van der Waals surface area (Å²) < 4.78 is 11.3. The molecule has 0 aliphatic carbocycles. The molecule has 2 heteroatoms. The van der Waals surface area contributed by atoms with E-state index in [4.69, 9.17) is 9.47 Å². The van der Waals surface area contributed by atoms with Crippen molar-refractivity contribution in [2.75, 3.05) is 13.2 Å². The van der Waals surface area contributed by atoms with E-state index >= 15 is 0 Å². The van der Waals surface area contributed by atoms with E-state index < -0.39 is 0 Å². The molecule has 0 amide bonds. The fourth-order valence-corrected chi connectivity index (χ4v) is 2.12. The van der Waals surface area contributed by atoms with Crippen molar-refractivity contribution in [2.45, 2.75) is 65.6 Å². The Morgan fingerprint density at radius 1 is 1.22 bits per heavy atom. The molecule has 0 aromatic carbocycles. The van der Waals surface area contributed by atoms with E-state index in [0.717, 1.165) is 32.3 Å². The van der Waals surface area contributed by atoms with Crippen molar-refractivity contribution in [3.8, 4) is 0 Å². The lowest BCUT2D eigenvalue weighted by atomic mass is 10.1. The van der Waals surface area contributed by atoms with Crippen LogP contribution in [0.3, 0.4) is 0 Å². The van der Waals surface area contributed by atoms with Gasteiger partial charge in [-0.3, -0.25) is 0 Å². The smallest absolute Gasteiger partial charge is 0.158 e. The van der Waals surface area contributed by atoms with Gasteiger partial charge in [0, 0.05) is 6.61 Å². The Kier molecular flexibility index (Phi) is 8.03. The van der Waals surface area contributed by atoms with Crippen LogP contribution in [0.2, 0.25) is 0 Å². The van der Waals surface area contributed by atoms with Gasteiger partial charge in [0.1, 0.15) is 0 Å². The molecule has 0 N–H and O–H groups in total. The van der Waals surface area contributed by atoms with Crippen LogP contribution in [-0.4, -0.2) is 19.5 Å². The van der Waals surface area contributed by atoms with Gasteiger partial charge in [-0.05, 0) is 52.4 Å². The van der Waals surface area contributed by atoms with Crippen molar-refractivity contribution in [3.63, 3.8) is 0 Å². The summed E-state index contributed by atoms with van der Waals surface area (Å²) in [6.45, 7) is 8.10. The van der Waals surface area contributed by atoms with E-state index in [2.05, 4.69) is 32.9 Å². The minimum Gasteiger partial charge on any atom is -0.353 e. The molecule has 1 aliphatic rings. The van der Waals surface area contributed by atoms with Crippen LogP contribution in [0.15, 0.2) is 23.3 Å². The highest BCUT2D eigenvalue weighted by Crippen LogP contribution is 2.15. The lowest BCUT2D eigenvalue weighted by Gasteiger charge is -2.22. The first-order valence-electron chi connectivity index (χ1n) is 7.27. The van der Waals surface area contributed by atoms with E-state index in [1.165, 1.54) is 24.0 Å². The third kappa shape index (κ3) is 6.97. The van der Waals surface area contributed by atoms with Gasteiger partial charge >= 0.3 is 0 Å². The third-order valence-electron chi connectivity index (χ3n) is 3.22. The highest BCUT2D eigenvalue weighted by Gasteiger charge is 2.13. The van der Waals surface area contributed by atoms with Crippen molar-refractivity contribution < 1.29 is 9.47 Å². The Morgan fingerprint density at radius 3 is 2.72 bits per heavy atom. The van der Waals surface area contributed by atoms with Gasteiger partial charge in [0.05, 0.1) is 6.61 Å². The standard InChI is InChI=1S/C16H28O2/c1-4-8-14(2)9-7-10-15(3)13-18-16-11-5-6-12-17-16/h8,10,16H,4-7,9,11-13H2,1-3H3. The normalized spacial score (nSPS) is 22.3. The Labute approximate surface area is 112 Å². The average molecular weight is 252 g/mol. The second-order valence-corrected chi connectivity index (χ2v) is 5.16. The highest BCUT2D eigenvalue weighted by atomic mass is 16.7. The minimum atomic E-state index is 0.0313. The summed E-state index contributed by atoms with van der Waals surface area (Å²) in [7, 11) is 0. The lowest BCUT2D eigenvalue weighted by molar-refractivity contribution is -0.156. The van der Waals surface area contributed by atoms with Gasteiger partial charge in [0.15, 0.2) is 6.29 Å². The Bertz CT molecular complexity index is 273. The van der Waals surface area contributed by atoms with Gasteiger partial charge in [-0.15, -0.1) is 0 Å². The third-order valence-corrected chi connectivity index (χ3v) is 3.22. The number of ether oxygens (including phenoxy) is 2. The van der Waals surface area contributed by atoms with Crippen molar-refractivity contribution in [2.24, 2.45) is 0 Å². The highest BCUT2D eigenvalue weighted by molar-refractivity contribution is 5.03. The molecule has 0 aromatic heterocycles. The fraction of sp³-hybridized carbons (Fsp3) is 0.750. The number of rotatable bonds is 7. The van der Waals surface area contributed by atoms with E-state index in [1.807, 2.05) is 0 Å². The van der Waals surface area contributed by atoms with Crippen LogP contribution in [0.5, 0.6) is 0 Å². The zero-order valence-electron chi connectivity index (χ0n) is 12.2. The molecular formula is C16H28O2. The van der Waals surface area contributed by atoms with Crippen molar-refractivity contribution in [3.05, 3.63) is 23.3 Å². The summed E-state index contributed by atoms with van der Waals surface area (Å²) in [4.78, 5) is 0. The molecule has 0 aromatic rings. The van der Waals surface area contributed by atoms with Crippen LogP contribution >= 0.6 is 0 Å². The second kappa shape index (κ2) is 9.35. The zero-order chi connectivity index (χ0) is 13.2. The molecule has 2 nitrogen and oxygen atoms in total. The Balaban J connectivity index is 2.14. The van der Waals surface area contributed by atoms with E-state index in [-0.39, 0.29) is 6.29 Å². The fourth-order valence-electron chi connectivity index (χ4n) is 2.12. The molecule has 0 radical (unpaired) electrons. The molecule has 1 heterocycles. The zero-order valence-corrected chi connectivity index (χ0v) is 12.2. The maximum Gasteiger partial charge on any atom is 0.158 e. The first-order chi connectivity index (χ1) is 8.72. The van der Waals surface area contributed by atoms with Crippen molar-refractivity contribution in [1.82, 2.24) is 0 Å². The second-order valence-electron chi connectivity index (χ2n) is 5.16. The maximum absolute atomic E-state index is 5.74. The summed E-state index contributed by atoms with van der Waals surface area (Å²) in [5, 5.41) is 0. The van der Waals surface area contributed by atoms with E-state index in [0.29, 0.717) is 6.61 Å². The molecule has 0 saturated carbocycles. The Hall–Kier alpha value is -0.600. The van der Waals surface area contributed by atoms with Gasteiger partial charge in [0.25, 0.3) is 0 Å². The molecule has 0 bridgehead atoms. The molecule has 1 aliphatic heterocycles. The molecule has 1 fully saturated rings. The Morgan fingerprint density at radius 2 is 2.06 bits per heavy atom. The van der Waals surface area contributed by atoms with E-state index in [9.17, 15) is 0 Å². The summed E-state index contributed by atoms with van der Waals surface area (Å²) in [6, 6.07) is 0. The quantitative estimate of drug-likeness (QED) is 0.616. The van der Waals surface area contributed by atoms with Gasteiger partial charge in [0.2, 0.25) is 0 Å². The van der Waals surface area contributed by atoms with Crippen LogP contribution in [0, 0.1) is 0 Å². The predicted molar refractivity (Wildman–Crippen MR) is 76.6 cm³/mol. The molecule has 18 heavy (non-hydrogen) atoms. The van der Waals surface area contributed by atoms with Crippen LogP contribution in [0.25, 0.3) is 0 Å². The monoisotopic (exact) mass is 252 g/mol. The van der Waals surface area contributed by atoms with Crippen LogP contribution in [0.1, 0.15) is 59.3 Å².